The van der Waals surface area contributed by atoms with Gasteiger partial charge in [-0.1, -0.05) is 49.1 Å². The molecule has 0 aromatic heterocycles. The Labute approximate surface area is 157 Å². The number of rotatable bonds is 4. The van der Waals surface area contributed by atoms with Crippen LogP contribution in [0.4, 0.5) is 0 Å². The zero-order valence-corrected chi connectivity index (χ0v) is 16.2. The largest absolute Gasteiger partial charge is 0.292 e. The number of allylic oxidation sites excluding steroid dienone is 1. The molecule has 0 bridgehead atoms. The molecule has 1 aliphatic heterocycles. The van der Waals surface area contributed by atoms with Crippen molar-refractivity contribution in [1.82, 2.24) is 5.01 Å². The Kier molecular flexibility index (Phi) is 5.19. The minimum atomic E-state index is 0.274. The van der Waals surface area contributed by atoms with E-state index in [0.717, 1.165) is 12.1 Å². The Bertz CT molecular complexity index is 820. The number of hydrazone groups is 1. The molecule has 0 saturated heterocycles. The van der Waals surface area contributed by atoms with E-state index in [0.29, 0.717) is 0 Å². The van der Waals surface area contributed by atoms with Crippen LogP contribution in [0.15, 0.2) is 60.2 Å². The second-order valence-electron chi connectivity index (χ2n) is 5.94. The Morgan fingerprint density at radius 3 is 2.75 bits per heavy atom. The number of nitrogens with zero attached hydrogens (tertiary/aromatic N) is 2. The summed E-state index contributed by atoms with van der Waals surface area (Å²) in [6, 6.07) is 15.4. The van der Waals surface area contributed by atoms with Crippen molar-refractivity contribution in [3.05, 3.63) is 80.9 Å². The normalized spacial score (nSPS) is 17.4. The lowest BCUT2D eigenvalue weighted by atomic mass is 9.95. The molecule has 0 saturated carbocycles. The molecule has 0 amide bonds. The first-order chi connectivity index (χ1) is 11.6. The Balaban J connectivity index is 1.88. The van der Waals surface area contributed by atoms with Crippen LogP contribution in [0, 0.1) is 3.57 Å². The monoisotopic (exact) mass is 428 g/mol. The summed E-state index contributed by atoms with van der Waals surface area (Å²) in [5.74, 6) is 0. The van der Waals surface area contributed by atoms with E-state index in [1.807, 2.05) is 13.0 Å². The average Bonchev–Trinajstić information content (AvgIpc) is 2.97. The molecule has 3 rings (SSSR count). The molecule has 24 heavy (non-hydrogen) atoms. The highest BCUT2D eigenvalue weighted by atomic mass is 127. The first-order valence-corrected chi connectivity index (χ1v) is 9.15. The Hall–Kier alpha value is -1.88. The van der Waals surface area contributed by atoms with Crippen molar-refractivity contribution < 1.29 is 0 Å². The number of hydrogen-bond donors (Lipinski definition) is 0. The smallest absolute Gasteiger partial charge is 0.0773 e. The van der Waals surface area contributed by atoms with Crippen LogP contribution < -0.4 is 0 Å². The van der Waals surface area contributed by atoms with Crippen molar-refractivity contribution in [3.63, 3.8) is 0 Å². The van der Waals surface area contributed by atoms with E-state index in [1.54, 1.807) is 0 Å². The summed E-state index contributed by atoms with van der Waals surface area (Å²) in [5.41, 5.74) is 6.02. The number of halogens is 1. The molecule has 2 aromatic rings. The highest BCUT2D eigenvalue weighted by Gasteiger charge is 2.26. The van der Waals surface area contributed by atoms with Gasteiger partial charge in [0, 0.05) is 17.0 Å². The molecule has 2 nitrogen and oxygen atoms in total. The first kappa shape index (κ1) is 17.0. The fraction of sp³-hybridized carbons (Fsp3) is 0.190. The molecule has 0 spiro atoms. The summed E-state index contributed by atoms with van der Waals surface area (Å²) in [6.45, 7) is 5.99. The SMILES string of the molecule is C=Cc1cc(C2CC(c3cccc(I)c3)=NN2C)ccc1/C=C\C. The van der Waals surface area contributed by atoms with Gasteiger partial charge in [0.15, 0.2) is 0 Å². The summed E-state index contributed by atoms with van der Waals surface area (Å²) in [7, 11) is 2.05. The van der Waals surface area contributed by atoms with Crippen molar-refractivity contribution in [3.8, 4) is 0 Å². The van der Waals surface area contributed by atoms with Gasteiger partial charge < -0.3 is 0 Å². The van der Waals surface area contributed by atoms with Crippen LogP contribution >= 0.6 is 22.6 Å². The minimum absolute atomic E-state index is 0.274. The summed E-state index contributed by atoms with van der Waals surface area (Å²) >= 11 is 2.35. The van der Waals surface area contributed by atoms with Gasteiger partial charge in [0.05, 0.1) is 11.8 Å². The molecule has 3 heteroatoms. The fourth-order valence-electron chi connectivity index (χ4n) is 3.10. The minimum Gasteiger partial charge on any atom is -0.292 e. The van der Waals surface area contributed by atoms with E-state index >= 15 is 0 Å². The van der Waals surface area contributed by atoms with E-state index in [2.05, 4.69) is 95.8 Å². The molecule has 0 N–H and O–H groups in total. The second-order valence-corrected chi connectivity index (χ2v) is 7.19. The maximum atomic E-state index is 4.78. The topological polar surface area (TPSA) is 15.6 Å². The van der Waals surface area contributed by atoms with Crippen LogP contribution in [-0.2, 0) is 0 Å². The van der Waals surface area contributed by atoms with Gasteiger partial charge in [-0.25, -0.2) is 0 Å². The third-order valence-electron chi connectivity index (χ3n) is 4.34. The third kappa shape index (κ3) is 3.46. The summed E-state index contributed by atoms with van der Waals surface area (Å²) in [6.07, 6.45) is 7.03. The first-order valence-electron chi connectivity index (χ1n) is 8.07. The van der Waals surface area contributed by atoms with Gasteiger partial charge in [0.25, 0.3) is 0 Å². The third-order valence-corrected chi connectivity index (χ3v) is 5.01. The highest BCUT2D eigenvalue weighted by Crippen LogP contribution is 2.33. The predicted octanol–water partition coefficient (Wildman–Crippen LogP) is 5.75. The van der Waals surface area contributed by atoms with Crippen LogP contribution in [0.2, 0.25) is 0 Å². The van der Waals surface area contributed by atoms with E-state index in [1.165, 1.54) is 25.8 Å². The van der Waals surface area contributed by atoms with Crippen molar-refractivity contribution in [1.29, 1.82) is 0 Å². The molecular formula is C21H21IN2. The Morgan fingerprint density at radius 2 is 2.04 bits per heavy atom. The van der Waals surface area contributed by atoms with Crippen molar-refractivity contribution >= 4 is 40.5 Å². The van der Waals surface area contributed by atoms with Crippen LogP contribution in [0.3, 0.4) is 0 Å². The summed E-state index contributed by atoms with van der Waals surface area (Å²) in [5, 5.41) is 6.85. The van der Waals surface area contributed by atoms with Crippen molar-refractivity contribution in [2.45, 2.75) is 19.4 Å². The maximum Gasteiger partial charge on any atom is 0.0773 e. The quantitative estimate of drug-likeness (QED) is 0.567. The molecule has 0 fully saturated rings. The number of hydrogen-bond acceptors (Lipinski definition) is 2. The molecule has 1 atom stereocenters. The maximum absolute atomic E-state index is 4.78. The van der Waals surface area contributed by atoms with Crippen molar-refractivity contribution in [2.75, 3.05) is 7.05 Å². The second kappa shape index (κ2) is 7.34. The average molecular weight is 428 g/mol. The summed E-state index contributed by atoms with van der Waals surface area (Å²) < 4.78 is 1.24. The molecule has 2 aromatic carbocycles. The Morgan fingerprint density at radius 1 is 1.21 bits per heavy atom. The molecule has 0 aliphatic carbocycles. The van der Waals surface area contributed by atoms with E-state index in [-0.39, 0.29) is 6.04 Å². The predicted molar refractivity (Wildman–Crippen MR) is 112 cm³/mol. The standard InChI is InChI=1S/C21H21IN2/c1-4-7-16-10-11-18(12-15(16)5-2)21-14-20(23-24(21)3)17-8-6-9-19(22)13-17/h4-13,21H,2,14H2,1,3H3/b7-4-. The molecule has 1 heterocycles. The van der Waals surface area contributed by atoms with Crippen LogP contribution in [0.1, 0.15) is 41.6 Å². The van der Waals surface area contributed by atoms with Crippen molar-refractivity contribution in [2.24, 2.45) is 5.10 Å². The lowest BCUT2D eigenvalue weighted by Gasteiger charge is -2.20. The highest BCUT2D eigenvalue weighted by molar-refractivity contribution is 14.1. The molecule has 122 valence electrons. The molecule has 0 radical (unpaired) electrons. The van der Waals surface area contributed by atoms with Gasteiger partial charge in [0.2, 0.25) is 0 Å². The van der Waals surface area contributed by atoms with Gasteiger partial charge in [-0.05, 0) is 70.0 Å². The van der Waals surface area contributed by atoms with E-state index < -0.39 is 0 Å². The van der Waals surface area contributed by atoms with E-state index in [4.69, 9.17) is 5.10 Å². The lowest BCUT2D eigenvalue weighted by molar-refractivity contribution is 0.290. The molecular weight excluding hydrogens is 407 g/mol. The van der Waals surface area contributed by atoms with Gasteiger partial charge in [-0.15, -0.1) is 0 Å². The van der Waals surface area contributed by atoms with Crippen LogP contribution in [0.5, 0.6) is 0 Å². The van der Waals surface area contributed by atoms with Gasteiger partial charge in [-0.3, -0.25) is 5.01 Å². The van der Waals surface area contributed by atoms with Gasteiger partial charge >= 0.3 is 0 Å². The summed E-state index contributed by atoms with van der Waals surface area (Å²) in [4.78, 5) is 0. The molecule has 1 unspecified atom stereocenters. The van der Waals surface area contributed by atoms with Crippen LogP contribution in [-0.4, -0.2) is 17.8 Å². The fourth-order valence-corrected chi connectivity index (χ4v) is 3.65. The van der Waals surface area contributed by atoms with E-state index in [9.17, 15) is 0 Å². The van der Waals surface area contributed by atoms with Gasteiger partial charge in [0.1, 0.15) is 0 Å². The van der Waals surface area contributed by atoms with Crippen LogP contribution in [0.25, 0.3) is 12.2 Å². The molecule has 1 aliphatic rings. The zero-order chi connectivity index (χ0) is 17.1. The lowest BCUT2D eigenvalue weighted by Crippen LogP contribution is -2.14. The van der Waals surface area contributed by atoms with Gasteiger partial charge in [-0.2, -0.15) is 5.10 Å². The number of benzene rings is 2. The zero-order valence-electron chi connectivity index (χ0n) is 14.0.